The Hall–Kier alpha value is -1.62. The number of hydrogen-bond acceptors (Lipinski definition) is 2. The van der Waals surface area contributed by atoms with Gasteiger partial charge in [-0.15, -0.1) is 0 Å². The van der Waals surface area contributed by atoms with Crippen molar-refractivity contribution < 1.29 is 4.79 Å². The maximum absolute atomic E-state index is 11.9. The van der Waals surface area contributed by atoms with E-state index < -0.39 is 0 Å². The van der Waals surface area contributed by atoms with Gasteiger partial charge in [0.2, 0.25) is 5.91 Å². The van der Waals surface area contributed by atoms with E-state index in [2.05, 4.69) is 20.9 Å². The van der Waals surface area contributed by atoms with Crippen molar-refractivity contribution >= 4 is 27.5 Å². The minimum Gasteiger partial charge on any atom is -0.311 e. The van der Waals surface area contributed by atoms with Gasteiger partial charge in [-0.3, -0.25) is 4.79 Å². The summed E-state index contributed by atoms with van der Waals surface area (Å²) in [6.07, 6.45) is 5.94. The fourth-order valence-corrected chi connectivity index (χ4v) is 2.71. The highest BCUT2D eigenvalue weighted by Crippen LogP contribution is 2.26. The molecule has 0 saturated carbocycles. The molecule has 1 atom stereocenters. The molecule has 2 aromatic rings. The standard InChI is InChI=1S/C13H12BrN3O/c14-10-6-13(18)17(8-10)12-3-1-2-11(7-12)16-5-4-15-9-16/h1-5,7,9-10H,6,8H2. The highest BCUT2D eigenvalue weighted by atomic mass is 79.9. The number of imidazole rings is 1. The van der Waals surface area contributed by atoms with Gasteiger partial charge >= 0.3 is 0 Å². The second-order valence-electron chi connectivity index (χ2n) is 4.30. The minimum absolute atomic E-state index is 0.166. The summed E-state index contributed by atoms with van der Waals surface area (Å²) < 4.78 is 1.93. The third-order valence-electron chi connectivity index (χ3n) is 3.02. The third-order valence-corrected chi connectivity index (χ3v) is 3.64. The second-order valence-corrected chi connectivity index (χ2v) is 5.59. The van der Waals surface area contributed by atoms with Crippen LogP contribution in [0.25, 0.3) is 5.69 Å². The monoisotopic (exact) mass is 305 g/mol. The molecule has 1 saturated heterocycles. The highest BCUT2D eigenvalue weighted by Gasteiger charge is 2.28. The van der Waals surface area contributed by atoms with Gasteiger partial charge in [0, 0.05) is 41.6 Å². The van der Waals surface area contributed by atoms with Gasteiger partial charge < -0.3 is 9.47 Å². The minimum atomic E-state index is 0.166. The quantitative estimate of drug-likeness (QED) is 0.799. The molecule has 1 aliphatic heterocycles. The second kappa shape index (κ2) is 4.57. The summed E-state index contributed by atoms with van der Waals surface area (Å²) in [6, 6.07) is 7.92. The number of amides is 1. The lowest BCUT2D eigenvalue weighted by Gasteiger charge is -2.17. The number of carbonyl (C=O) groups excluding carboxylic acids is 1. The summed E-state index contributed by atoms with van der Waals surface area (Å²) in [7, 11) is 0. The van der Waals surface area contributed by atoms with E-state index in [-0.39, 0.29) is 10.7 Å². The summed E-state index contributed by atoms with van der Waals surface area (Å²) >= 11 is 3.50. The molecule has 0 bridgehead atoms. The van der Waals surface area contributed by atoms with E-state index in [4.69, 9.17) is 0 Å². The van der Waals surface area contributed by atoms with Crippen molar-refractivity contribution in [2.45, 2.75) is 11.2 Å². The van der Waals surface area contributed by atoms with Crippen LogP contribution in [0.5, 0.6) is 0 Å². The van der Waals surface area contributed by atoms with Crippen LogP contribution in [-0.2, 0) is 4.79 Å². The fourth-order valence-electron chi connectivity index (χ4n) is 2.15. The summed E-state index contributed by atoms with van der Waals surface area (Å²) in [5.74, 6) is 0.166. The van der Waals surface area contributed by atoms with Crippen LogP contribution >= 0.6 is 15.9 Å². The molecule has 5 heteroatoms. The number of aromatic nitrogens is 2. The van der Waals surface area contributed by atoms with Crippen molar-refractivity contribution in [3.63, 3.8) is 0 Å². The van der Waals surface area contributed by atoms with Crippen LogP contribution < -0.4 is 4.90 Å². The van der Waals surface area contributed by atoms with E-state index in [1.807, 2.05) is 39.9 Å². The summed E-state index contributed by atoms with van der Waals surface area (Å²) in [6.45, 7) is 0.728. The number of halogens is 1. The lowest BCUT2D eigenvalue weighted by Crippen LogP contribution is -2.24. The molecule has 1 unspecified atom stereocenters. The normalized spacial score (nSPS) is 19.5. The molecule has 4 nitrogen and oxygen atoms in total. The van der Waals surface area contributed by atoms with Crippen molar-refractivity contribution in [2.24, 2.45) is 0 Å². The molecule has 3 rings (SSSR count). The number of alkyl halides is 1. The van der Waals surface area contributed by atoms with Crippen molar-refractivity contribution in [1.29, 1.82) is 0 Å². The van der Waals surface area contributed by atoms with Gasteiger partial charge in [-0.05, 0) is 18.2 Å². The number of rotatable bonds is 2. The summed E-state index contributed by atoms with van der Waals surface area (Å²) in [4.78, 5) is 18.0. The number of nitrogens with zero attached hydrogens (tertiary/aromatic N) is 3. The largest absolute Gasteiger partial charge is 0.311 e. The topological polar surface area (TPSA) is 38.1 Å². The smallest absolute Gasteiger partial charge is 0.228 e. The highest BCUT2D eigenvalue weighted by molar-refractivity contribution is 9.09. The van der Waals surface area contributed by atoms with Gasteiger partial charge in [0.05, 0.1) is 6.33 Å². The van der Waals surface area contributed by atoms with Crippen molar-refractivity contribution in [3.8, 4) is 5.69 Å². The van der Waals surface area contributed by atoms with E-state index in [0.29, 0.717) is 6.42 Å². The Bertz CT molecular complexity index is 567. The van der Waals surface area contributed by atoms with Gasteiger partial charge in [-0.2, -0.15) is 0 Å². The fraction of sp³-hybridized carbons (Fsp3) is 0.231. The van der Waals surface area contributed by atoms with Crippen molar-refractivity contribution in [1.82, 2.24) is 9.55 Å². The van der Waals surface area contributed by atoms with Crippen molar-refractivity contribution in [2.75, 3.05) is 11.4 Å². The van der Waals surface area contributed by atoms with Crippen LogP contribution in [-0.4, -0.2) is 26.8 Å². The zero-order chi connectivity index (χ0) is 12.5. The van der Waals surface area contributed by atoms with Crippen LogP contribution in [0.2, 0.25) is 0 Å². The molecular formula is C13H12BrN3O. The first-order valence-corrected chi connectivity index (χ1v) is 6.68. The van der Waals surface area contributed by atoms with Gasteiger partial charge in [-0.1, -0.05) is 22.0 Å². The maximum Gasteiger partial charge on any atom is 0.228 e. The molecule has 0 N–H and O–H groups in total. The molecule has 18 heavy (non-hydrogen) atoms. The molecule has 1 aromatic heterocycles. The lowest BCUT2D eigenvalue weighted by molar-refractivity contribution is -0.117. The van der Waals surface area contributed by atoms with Crippen molar-refractivity contribution in [3.05, 3.63) is 43.0 Å². The predicted molar refractivity (Wildman–Crippen MR) is 73.2 cm³/mol. The SMILES string of the molecule is O=C1CC(Br)CN1c1cccc(-n2ccnc2)c1. The Morgan fingerprint density at radius 2 is 2.17 bits per heavy atom. The first-order valence-electron chi connectivity index (χ1n) is 5.77. The Kier molecular flexibility index (Phi) is 2.91. The van der Waals surface area contributed by atoms with E-state index in [0.717, 1.165) is 17.9 Å². The van der Waals surface area contributed by atoms with Gasteiger partial charge in [0.1, 0.15) is 0 Å². The summed E-state index contributed by atoms with van der Waals surface area (Å²) in [5.41, 5.74) is 1.95. The zero-order valence-electron chi connectivity index (χ0n) is 9.66. The van der Waals surface area contributed by atoms with Gasteiger partial charge in [0.15, 0.2) is 0 Å². The van der Waals surface area contributed by atoms with Crippen LogP contribution in [0.3, 0.4) is 0 Å². The van der Waals surface area contributed by atoms with E-state index in [1.54, 1.807) is 12.5 Å². The van der Waals surface area contributed by atoms with E-state index >= 15 is 0 Å². The Balaban J connectivity index is 1.94. The Morgan fingerprint density at radius 3 is 2.83 bits per heavy atom. The number of carbonyl (C=O) groups is 1. The molecule has 0 spiro atoms. The van der Waals surface area contributed by atoms with Crippen LogP contribution in [0, 0.1) is 0 Å². The molecule has 1 fully saturated rings. The number of hydrogen-bond donors (Lipinski definition) is 0. The molecule has 0 aliphatic carbocycles. The average molecular weight is 306 g/mol. The van der Waals surface area contributed by atoms with E-state index in [1.165, 1.54) is 0 Å². The molecule has 2 heterocycles. The Morgan fingerprint density at radius 1 is 1.33 bits per heavy atom. The summed E-state index contributed by atoms with van der Waals surface area (Å²) in [5, 5.41) is 0. The first kappa shape index (κ1) is 11.5. The van der Waals surface area contributed by atoms with Crippen LogP contribution in [0.4, 0.5) is 5.69 Å². The lowest BCUT2D eigenvalue weighted by atomic mass is 10.2. The average Bonchev–Trinajstić information content (AvgIpc) is 2.99. The first-order chi connectivity index (χ1) is 8.74. The number of benzene rings is 1. The molecule has 1 aromatic carbocycles. The Labute approximate surface area is 113 Å². The third kappa shape index (κ3) is 2.06. The van der Waals surface area contributed by atoms with E-state index in [9.17, 15) is 4.79 Å². The van der Waals surface area contributed by atoms with Gasteiger partial charge in [0.25, 0.3) is 0 Å². The van der Waals surface area contributed by atoms with Crippen LogP contribution in [0.1, 0.15) is 6.42 Å². The zero-order valence-corrected chi connectivity index (χ0v) is 11.2. The molecule has 92 valence electrons. The molecular weight excluding hydrogens is 294 g/mol. The maximum atomic E-state index is 11.9. The number of anilines is 1. The predicted octanol–water partition coefficient (Wildman–Crippen LogP) is 2.37. The molecule has 1 aliphatic rings. The van der Waals surface area contributed by atoms with Crippen LogP contribution in [0.15, 0.2) is 43.0 Å². The van der Waals surface area contributed by atoms with Gasteiger partial charge in [-0.25, -0.2) is 4.98 Å². The molecule has 0 radical (unpaired) electrons. The molecule has 1 amide bonds.